The number of H-pyrrole nitrogens is 1. The molecular weight excluding hydrogens is 401 g/mol. The first-order chi connectivity index (χ1) is 13.0. The van der Waals surface area contributed by atoms with Crippen LogP contribution in [0.15, 0.2) is 47.5 Å². The van der Waals surface area contributed by atoms with Crippen LogP contribution in [0.4, 0.5) is 5.69 Å². The molecule has 0 amide bonds. The van der Waals surface area contributed by atoms with Crippen LogP contribution in [0.25, 0.3) is 10.9 Å². The molecule has 0 radical (unpaired) electrons. The van der Waals surface area contributed by atoms with E-state index in [0.29, 0.717) is 16.1 Å². The Kier molecular flexibility index (Phi) is 7.19. The molecule has 4 nitrogen and oxygen atoms in total. The summed E-state index contributed by atoms with van der Waals surface area (Å²) >= 11 is 13.7. The molecule has 2 aromatic carbocycles. The fraction of sp³-hybridized carbons (Fsp3) is 0.300. The zero-order valence-corrected chi connectivity index (χ0v) is 17.2. The summed E-state index contributed by atoms with van der Waals surface area (Å²) in [4.78, 5) is 4.10. The van der Waals surface area contributed by atoms with Crippen molar-refractivity contribution in [2.75, 3.05) is 4.72 Å². The number of nitrogens with one attached hydrogen (secondary N) is 2. The van der Waals surface area contributed by atoms with Crippen molar-refractivity contribution in [3.63, 3.8) is 0 Å². The smallest absolute Gasteiger partial charge is 0.115 e. The third-order valence-corrected chi connectivity index (χ3v) is 5.94. The molecule has 1 fully saturated rings. The maximum atomic E-state index is 9.25. The van der Waals surface area contributed by atoms with Crippen molar-refractivity contribution in [1.29, 1.82) is 0 Å². The fourth-order valence-electron chi connectivity index (χ4n) is 3.02. The Morgan fingerprint density at radius 3 is 2.33 bits per heavy atom. The van der Waals surface area contributed by atoms with Crippen LogP contribution in [0.1, 0.15) is 32.1 Å². The van der Waals surface area contributed by atoms with E-state index >= 15 is 0 Å². The molecule has 3 aromatic rings. The molecular formula is C20H23Cl2N3OS. The second-order valence-electron chi connectivity index (χ2n) is 6.58. The second kappa shape index (κ2) is 9.60. The number of aromatic nitrogens is 1. The van der Waals surface area contributed by atoms with Crippen LogP contribution in [0, 0.1) is 0 Å². The van der Waals surface area contributed by atoms with Crippen molar-refractivity contribution in [2.24, 2.45) is 5.73 Å². The number of hydrogen-bond acceptors (Lipinski definition) is 4. The van der Waals surface area contributed by atoms with Crippen LogP contribution >= 0.6 is 35.1 Å². The van der Waals surface area contributed by atoms with Gasteiger partial charge in [0.1, 0.15) is 5.75 Å². The number of rotatable bonds is 3. The van der Waals surface area contributed by atoms with E-state index in [1.807, 2.05) is 24.3 Å². The molecule has 1 aromatic heterocycles. The summed E-state index contributed by atoms with van der Waals surface area (Å²) < 4.78 is 3.25. The molecule has 1 aliphatic rings. The van der Waals surface area contributed by atoms with Gasteiger partial charge in [-0.15, -0.1) is 0 Å². The molecule has 1 saturated carbocycles. The highest BCUT2D eigenvalue weighted by atomic mass is 35.5. The highest BCUT2D eigenvalue weighted by Gasteiger charge is 2.10. The maximum absolute atomic E-state index is 9.25. The largest absolute Gasteiger partial charge is 0.508 e. The van der Waals surface area contributed by atoms with Gasteiger partial charge >= 0.3 is 0 Å². The number of aromatic amines is 1. The van der Waals surface area contributed by atoms with Crippen molar-refractivity contribution in [3.05, 3.63) is 52.6 Å². The Morgan fingerprint density at radius 1 is 1.00 bits per heavy atom. The molecule has 144 valence electrons. The van der Waals surface area contributed by atoms with Crippen LogP contribution in [0.2, 0.25) is 10.0 Å². The lowest BCUT2D eigenvalue weighted by Gasteiger charge is -2.15. The van der Waals surface area contributed by atoms with Crippen molar-refractivity contribution >= 4 is 51.7 Å². The zero-order valence-electron chi connectivity index (χ0n) is 14.8. The average Bonchev–Trinajstić information content (AvgIpc) is 3.07. The summed E-state index contributed by atoms with van der Waals surface area (Å²) in [5.41, 5.74) is 7.40. The maximum Gasteiger partial charge on any atom is 0.115 e. The molecule has 1 aliphatic carbocycles. The standard InChI is InChI=1S/C14H10Cl2N2OS.C6H13N/c15-10-5-6-12(14-13(10)11(16)7-17-14)18-20-9-3-1-8(19)2-4-9;7-6-4-2-1-3-5-6/h1-7,17-19H;6H,1-5,7H2. The quantitative estimate of drug-likeness (QED) is 0.359. The summed E-state index contributed by atoms with van der Waals surface area (Å²) in [6, 6.07) is 11.2. The summed E-state index contributed by atoms with van der Waals surface area (Å²) in [5.74, 6) is 0.249. The number of anilines is 1. The molecule has 0 saturated heterocycles. The lowest BCUT2D eigenvalue weighted by atomic mass is 9.97. The van der Waals surface area contributed by atoms with Crippen molar-refractivity contribution in [1.82, 2.24) is 4.98 Å². The predicted molar refractivity (Wildman–Crippen MR) is 117 cm³/mol. The zero-order chi connectivity index (χ0) is 19.2. The fourth-order valence-corrected chi connectivity index (χ4v) is 4.24. The van der Waals surface area contributed by atoms with Gasteiger partial charge in [0.05, 0.1) is 21.2 Å². The molecule has 1 heterocycles. The van der Waals surface area contributed by atoms with Crippen molar-refractivity contribution in [2.45, 2.75) is 43.0 Å². The molecule has 5 N–H and O–H groups in total. The minimum atomic E-state index is 0.249. The minimum Gasteiger partial charge on any atom is -0.508 e. The summed E-state index contributed by atoms with van der Waals surface area (Å²) in [6.45, 7) is 0. The van der Waals surface area contributed by atoms with Crippen LogP contribution in [-0.2, 0) is 0 Å². The Hall–Kier alpha value is -1.53. The number of phenols is 1. The minimum absolute atomic E-state index is 0.249. The predicted octanol–water partition coefficient (Wildman–Crippen LogP) is 6.58. The first kappa shape index (κ1) is 20.2. The van der Waals surface area contributed by atoms with Gasteiger partial charge in [0, 0.05) is 22.5 Å². The number of hydrogen-bond donors (Lipinski definition) is 4. The van der Waals surface area contributed by atoms with Crippen LogP contribution in [0.3, 0.4) is 0 Å². The lowest BCUT2D eigenvalue weighted by Crippen LogP contribution is -2.22. The van der Waals surface area contributed by atoms with Crippen molar-refractivity contribution < 1.29 is 5.11 Å². The van der Waals surface area contributed by atoms with Gasteiger partial charge in [-0.1, -0.05) is 42.5 Å². The van der Waals surface area contributed by atoms with E-state index in [1.165, 1.54) is 44.1 Å². The first-order valence-electron chi connectivity index (χ1n) is 8.97. The van der Waals surface area contributed by atoms with E-state index in [4.69, 9.17) is 28.9 Å². The van der Waals surface area contributed by atoms with Crippen LogP contribution in [-0.4, -0.2) is 16.1 Å². The van der Waals surface area contributed by atoms with Gasteiger partial charge in [0.2, 0.25) is 0 Å². The molecule has 0 bridgehead atoms. The van der Waals surface area contributed by atoms with E-state index in [0.717, 1.165) is 21.5 Å². The van der Waals surface area contributed by atoms with E-state index in [2.05, 4.69) is 9.71 Å². The number of aromatic hydroxyl groups is 1. The number of fused-ring (bicyclic) bond motifs is 1. The highest BCUT2D eigenvalue weighted by Crippen LogP contribution is 2.36. The first-order valence-corrected chi connectivity index (χ1v) is 10.5. The highest BCUT2D eigenvalue weighted by molar-refractivity contribution is 8.00. The van der Waals surface area contributed by atoms with Gasteiger partial charge in [-0.3, -0.25) is 0 Å². The third kappa shape index (κ3) is 5.48. The van der Waals surface area contributed by atoms with Crippen molar-refractivity contribution in [3.8, 4) is 5.75 Å². The summed E-state index contributed by atoms with van der Waals surface area (Å²) in [7, 11) is 0. The Bertz CT molecular complexity index is 877. The molecule has 0 aliphatic heterocycles. The van der Waals surface area contributed by atoms with E-state index in [1.54, 1.807) is 18.3 Å². The number of halogens is 2. The molecule has 7 heteroatoms. The number of benzene rings is 2. The van der Waals surface area contributed by atoms with Gasteiger partial charge in [-0.25, -0.2) is 0 Å². The monoisotopic (exact) mass is 423 g/mol. The van der Waals surface area contributed by atoms with E-state index < -0.39 is 0 Å². The van der Waals surface area contributed by atoms with E-state index in [9.17, 15) is 5.11 Å². The molecule has 0 atom stereocenters. The van der Waals surface area contributed by atoms with Gasteiger partial charge < -0.3 is 20.5 Å². The number of phenolic OH excluding ortho intramolecular Hbond substituents is 1. The van der Waals surface area contributed by atoms with E-state index in [-0.39, 0.29) is 5.75 Å². The Morgan fingerprint density at radius 2 is 1.70 bits per heavy atom. The molecule has 27 heavy (non-hydrogen) atoms. The molecule has 0 spiro atoms. The van der Waals surface area contributed by atoms with Crippen LogP contribution in [0.5, 0.6) is 5.75 Å². The normalized spacial score (nSPS) is 14.6. The second-order valence-corrected chi connectivity index (χ2v) is 8.27. The van der Waals surface area contributed by atoms with Gasteiger partial charge in [0.15, 0.2) is 0 Å². The topological polar surface area (TPSA) is 74.1 Å². The van der Waals surface area contributed by atoms with Gasteiger partial charge in [0.25, 0.3) is 0 Å². The number of nitrogens with two attached hydrogens (primary N) is 1. The molecule has 0 unspecified atom stereocenters. The third-order valence-electron chi connectivity index (χ3n) is 4.50. The molecule has 4 rings (SSSR count). The summed E-state index contributed by atoms with van der Waals surface area (Å²) in [5, 5.41) is 11.3. The van der Waals surface area contributed by atoms with Gasteiger partial charge in [-0.05, 0) is 61.2 Å². The Labute approximate surface area is 173 Å². The summed E-state index contributed by atoms with van der Waals surface area (Å²) in [6.07, 6.45) is 8.38. The van der Waals surface area contributed by atoms with Crippen LogP contribution < -0.4 is 10.5 Å². The Balaban J connectivity index is 0.000000253. The average molecular weight is 424 g/mol. The lowest BCUT2D eigenvalue weighted by molar-refractivity contribution is 0.441. The van der Waals surface area contributed by atoms with Gasteiger partial charge in [-0.2, -0.15) is 0 Å². The SMILES string of the molecule is NC1CCCCC1.Oc1ccc(SNc2ccc(Cl)c3c(Cl)c[nH]c23)cc1.